The highest BCUT2D eigenvalue weighted by atomic mass is 16.2. The Hall–Kier alpha value is -2.45. The Morgan fingerprint density at radius 1 is 1.29 bits per heavy atom. The van der Waals surface area contributed by atoms with E-state index in [4.69, 9.17) is 0 Å². The van der Waals surface area contributed by atoms with E-state index in [1.165, 1.54) is 20.8 Å². The van der Waals surface area contributed by atoms with E-state index in [9.17, 15) is 24.0 Å². The van der Waals surface area contributed by atoms with Crippen molar-refractivity contribution in [3.05, 3.63) is 0 Å². The Kier molecular flexibility index (Phi) is 3.44. The molecule has 0 aromatic rings. The van der Waals surface area contributed by atoms with Crippen LogP contribution in [0.3, 0.4) is 0 Å². The monoisotopic (exact) mass is 296 g/mol. The normalized spacial score (nSPS) is 25.0. The molecule has 0 spiro atoms. The summed E-state index contributed by atoms with van der Waals surface area (Å²) in [6.45, 7) is 3.74. The number of nitrogens with one attached hydrogen (secondary N) is 2. The molecule has 0 aliphatic carbocycles. The van der Waals surface area contributed by atoms with E-state index in [2.05, 4.69) is 10.6 Å². The molecule has 2 N–H and O–H groups in total. The van der Waals surface area contributed by atoms with E-state index < -0.39 is 47.8 Å². The lowest BCUT2D eigenvalue weighted by molar-refractivity contribution is -0.150. The predicted molar refractivity (Wildman–Crippen MR) is 68.6 cm³/mol. The topological polar surface area (TPSA) is 116 Å². The van der Waals surface area contributed by atoms with E-state index in [0.717, 1.165) is 9.80 Å². The molecule has 9 heteroatoms. The van der Waals surface area contributed by atoms with Gasteiger partial charge in [-0.05, 0) is 20.8 Å². The van der Waals surface area contributed by atoms with Gasteiger partial charge in [-0.15, -0.1) is 0 Å². The number of nitrogens with zero attached hydrogens (tertiary/aromatic N) is 2. The van der Waals surface area contributed by atoms with Crippen LogP contribution in [-0.4, -0.2) is 64.1 Å². The average molecular weight is 296 g/mol. The first-order chi connectivity index (χ1) is 9.63. The molecule has 0 radical (unpaired) electrons. The zero-order valence-electron chi connectivity index (χ0n) is 11.9. The molecule has 1 atom stereocenters. The van der Waals surface area contributed by atoms with Crippen LogP contribution in [0.1, 0.15) is 20.8 Å². The van der Waals surface area contributed by atoms with Crippen LogP contribution >= 0.6 is 0 Å². The molecule has 2 fully saturated rings. The van der Waals surface area contributed by atoms with E-state index in [-0.39, 0.29) is 6.54 Å². The fourth-order valence-corrected chi connectivity index (χ4v) is 2.21. The molecule has 9 nitrogen and oxygen atoms in total. The van der Waals surface area contributed by atoms with E-state index in [1.807, 2.05) is 0 Å². The van der Waals surface area contributed by atoms with Crippen molar-refractivity contribution in [2.24, 2.45) is 0 Å². The van der Waals surface area contributed by atoms with Crippen LogP contribution in [-0.2, 0) is 19.2 Å². The first kappa shape index (κ1) is 14.9. The third kappa shape index (κ3) is 2.58. The van der Waals surface area contributed by atoms with Crippen LogP contribution in [0.25, 0.3) is 0 Å². The summed E-state index contributed by atoms with van der Waals surface area (Å²) in [5, 5.41) is 4.56. The standard InChI is InChI=1S/C12H16N4O5/c1-6-9(19)13-7(17)4-15(6)8(18)5-16-10(20)12(2,3)14-11(16)21/h6H,4-5H2,1-3H3,(H,14,21)(H,13,17,19). The van der Waals surface area contributed by atoms with Gasteiger partial charge in [-0.3, -0.25) is 29.4 Å². The fraction of sp³-hybridized carbons (Fsp3) is 0.583. The van der Waals surface area contributed by atoms with Gasteiger partial charge in [0.15, 0.2) is 0 Å². The Morgan fingerprint density at radius 2 is 1.90 bits per heavy atom. The summed E-state index contributed by atoms with van der Waals surface area (Å²) in [4.78, 5) is 60.5. The quantitative estimate of drug-likeness (QED) is 0.460. The highest BCUT2D eigenvalue weighted by Gasteiger charge is 2.46. The lowest BCUT2D eigenvalue weighted by Gasteiger charge is -2.32. The first-order valence-corrected chi connectivity index (χ1v) is 6.41. The Labute approximate surface area is 120 Å². The van der Waals surface area contributed by atoms with Crippen molar-refractivity contribution in [2.45, 2.75) is 32.4 Å². The molecular formula is C12H16N4O5. The van der Waals surface area contributed by atoms with Crippen molar-refractivity contribution in [3.8, 4) is 0 Å². The average Bonchev–Trinajstić information content (AvgIpc) is 2.56. The number of piperazine rings is 1. The van der Waals surface area contributed by atoms with Gasteiger partial charge in [0, 0.05) is 0 Å². The van der Waals surface area contributed by atoms with Gasteiger partial charge >= 0.3 is 6.03 Å². The van der Waals surface area contributed by atoms with E-state index in [1.54, 1.807) is 0 Å². The molecule has 114 valence electrons. The number of hydrogen-bond acceptors (Lipinski definition) is 5. The van der Waals surface area contributed by atoms with Crippen molar-refractivity contribution in [1.29, 1.82) is 0 Å². The van der Waals surface area contributed by atoms with Gasteiger partial charge < -0.3 is 10.2 Å². The lowest BCUT2D eigenvalue weighted by Crippen LogP contribution is -2.60. The van der Waals surface area contributed by atoms with Crippen LogP contribution in [0.4, 0.5) is 4.79 Å². The zero-order chi connectivity index (χ0) is 15.9. The highest BCUT2D eigenvalue weighted by Crippen LogP contribution is 2.17. The molecule has 2 rings (SSSR count). The van der Waals surface area contributed by atoms with Crippen LogP contribution in [0.2, 0.25) is 0 Å². The van der Waals surface area contributed by atoms with Crippen molar-refractivity contribution in [1.82, 2.24) is 20.4 Å². The maximum absolute atomic E-state index is 12.2. The number of amides is 6. The van der Waals surface area contributed by atoms with Crippen molar-refractivity contribution >= 4 is 29.7 Å². The number of hydrogen-bond donors (Lipinski definition) is 2. The van der Waals surface area contributed by atoms with Gasteiger partial charge in [0.2, 0.25) is 17.7 Å². The minimum Gasteiger partial charge on any atom is -0.324 e. The number of imide groups is 2. The van der Waals surface area contributed by atoms with Gasteiger partial charge in [-0.2, -0.15) is 0 Å². The molecule has 0 aromatic heterocycles. The summed E-state index contributed by atoms with van der Waals surface area (Å²) in [7, 11) is 0. The summed E-state index contributed by atoms with van der Waals surface area (Å²) in [5.74, 6) is -2.34. The first-order valence-electron chi connectivity index (χ1n) is 6.41. The minimum atomic E-state index is -1.07. The molecule has 6 amide bonds. The minimum absolute atomic E-state index is 0.279. The largest absolute Gasteiger partial charge is 0.325 e. The van der Waals surface area contributed by atoms with Gasteiger partial charge in [0.05, 0.1) is 0 Å². The molecule has 1 unspecified atom stereocenters. The predicted octanol–water partition coefficient (Wildman–Crippen LogP) is -1.81. The van der Waals surface area contributed by atoms with E-state index in [0.29, 0.717) is 0 Å². The fourth-order valence-electron chi connectivity index (χ4n) is 2.21. The zero-order valence-corrected chi connectivity index (χ0v) is 11.9. The van der Waals surface area contributed by atoms with Crippen LogP contribution < -0.4 is 10.6 Å². The van der Waals surface area contributed by atoms with Crippen LogP contribution in [0.5, 0.6) is 0 Å². The SMILES string of the molecule is CC1C(=O)NC(=O)CN1C(=O)CN1C(=O)NC(C)(C)C1=O. The molecule has 2 heterocycles. The second kappa shape index (κ2) is 4.83. The van der Waals surface area contributed by atoms with Gasteiger partial charge in [-0.25, -0.2) is 4.79 Å². The van der Waals surface area contributed by atoms with Crippen molar-refractivity contribution in [3.63, 3.8) is 0 Å². The molecule has 2 aliphatic heterocycles. The highest BCUT2D eigenvalue weighted by molar-refractivity contribution is 6.09. The Morgan fingerprint density at radius 3 is 2.43 bits per heavy atom. The van der Waals surface area contributed by atoms with Crippen molar-refractivity contribution < 1.29 is 24.0 Å². The van der Waals surface area contributed by atoms with Crippen molar-refractivity contribution in [2.75, 3.05) is 13.1 Å². The Bertz CT molecular complexity index is 556. The number of carbonyl (C=O) groups excluding carboxylic acids is 5. The van der Waals surface area contributed by atoms with Crippen LogP contribution in [0, 0.1) is 0 Å². The maximum atomic E-state index is 12.2. The molecule has 21 heavy (non-hydrogen) atoms. The molecule has 2 aliphatic rings. The van der Waals surface area contributed by atoms with Gasteiger partial charge in [0.25, 0.3) is 5.91 Å². The van der Waals surface area contributed by atoms with Gasteiger partial charge in [0.1, 0.15) is 24.7 Å². The van der Waals surface area contributed by atoms with E-state index >= 15 is 0 Å². The second-order valence-corrected chi connectivity index (χ2v) is 5.56. The number of carbonyl (C=O) groups is 5. The van der Waals surface area contributed by atoms with Gasteiger partial charge in [-0.1, -0.05) is 0 Å². The summed E-state index contributed by atoms with van der Waals surface area (Å²) in [5.41, 5.74) is -1.07. The summed E-state index contributed by atoms with van der Waals surface area (Å²) < 4.78 is 0. The Balaban J connectivity index is 2.11. The molecule has 2 saturated heterocycles. The third-order valence-electron chi connectivity index (χ3n) is 3.48. The molecule has 0 aromatic carbocycles. The second-order valence-electron chi connectivity index (χ2n) is 5.56. The lowest BCUT2D eigenvalue weighted by atomic mass is 10.1. The maximum Gasteiger partial charge on any atom is 0.325 e. The molecular weight excluding hydrogens is 280 g/mol. The van der Waals surface area contributed by atoms with Crippen LogP contribution in [0.15, 0.2) is 0 Å². The number of rotatable bonds is 2. The third-order valence-corrected chi connectivity index (χ3v) is 3.48. The summed E-state index contributed by atoms with van der Waals surface area (Å²) in [6.07, 6.45) is 0. The summed E-state index contributed by atoms with van der Waals surface area (Å²) >= 11 is 0. The summed E-state index contributed by atoms with van der Waals surface area (Å²) in [6, 6.07) is -1.50. The number of urea groups is 1. The smallest absolute Gasteiger partial charge is 0.324 e. The molecule has 0 saturated carbocycles. The molecule has 0 bridgehead atoms.